The summed E-state index contributed by atoms with van der Waals surface area (Å²) >= 11 is 0. The molecule has 0 aliphatic carbocycles. The van der Waals surface area contributed by atoms with Crippen molar-refractivity contribution < 1.29 is 19.1 Å². The van der Waals surface area contributed by atoms with E-state index in [0.717, 1.165) is 0 Å². The Labute approximate surface area is 83.3 Å². The van der Waals surface area contributed by atoms with Crippen LogP contribution in [-0.2, 0) is 0 Å². The third-order valence-corrected chi connectivity index (χ3v) is 1.86. The number of carboxylic acids is 1. The highest BCUT2D eigenvalue weighted by Crippen LogP contribution is 2.17. The largest absolute Gasteiger partial charge is 0.474 e. The number of nitrogens with two attached hydrogens (primary N) is 1. The summed E-state index contributed by atoms with van der Waals surface area (Å²) in [6.45, 7) is 0. The fraction of sp³-hybridized carbons (Fsp3) is 0. The molecule has 6 heteroatoms. The van der Waals surface area contributed by atoms with Crippen LogP contribution in [0.2, 0.25) is 0 Å². The molecule has 0 atom stereocenters. The first-order valence-electron chi connectivity index (χ1n) is 4.01. The molecular weight excluding hydrogens is 200 g/mol. The molecule has 0 saturated carbocycles. The van der Waals surface area contributed by atoms with Gasteiger partial charge in [-0.25, -0.2) is 9.78 Å². The number of oxazole rings is 1. The third kappa shape index (κ3) is 1.52. The van der Waals surface area contributed by atoms with Gasteiger partial charge < -0.3 is 15.3 Å². The summed E-state index contributed by atoms with van der Waals surface area (Å²) in [7, 11) is 0. The molecule has 1 aromatic carbocycles. The van der Waals surface area contributed by atoms with Crippen molar-refractivity contribution in [2.45, 2.75) is 0 Å². The molecule has 2 aromatic rings. The topological polar surface area (TPSA) is 106 Å². The lowest BCUT2D eigenvalue weighted by Gasteiger charge is -1.92. The summed E-state index contributed by atoms with van der Waals surface area (Å²) in [4.78, 5) is 25.1. The minimum absolute atomic E-state index is 0.226. The van der Waals surface area contributed by atoms with Crippen molar-refractivity contribution in [3.05, 3.63) is 29.7 Å². The first-order valence-corrected chi connectivity index (χ1v) is 4.01. The van der Waals surface area contributed by atoms with Crippen molar-refractivity contribution in [1.29, 1.82) is 0 Å². The zero-order valence-electron chi connectivity index (χ0n) is 7.43. The molecule has 0 aliphatic heterocycles. The number of nitrogens with zero attached hydrogens (tertiary/aromatic N) is 1. The van der Waals surface area contributed by atoms with E-state index in [-0.39, 0.29) is 11.1 Å². The number of benzene rings is 1. The van der Waals surface area contributed by atoms with Crippen LogP contribution >= 0.6 is 0 Å². The highest BCUT2D eigenvalue weighted by atomic mass is 16.4. The van der Waals surface area contributed by atoms with Crippen LogP contribution in [0.3, 0.4) is 0 Å². The zero-order chi connectivity index (χ0) is 11.0. The molecule has 1 amide bonds. The van der Waals surface area contributed by atoms with Crippen molar-refractivity contribution in [3.63, 3.8) is 0 Å². The molecule has 0 fully saturated rings. The Kier molecular flexibility index (Phi) is 1.89. The SMILES string of the molecule is NC(=O)c1ccc2nc(C(=O)O)oc2c1. The standard InChI is InChI=1S/C9H6N2O4/c10-7(12)4-1-2-5-6(3-4)15-8(11-5)9(13)14/h1-3H,(H2,10,12)(H,13,14). The monoisotopic (exact) mass is 206 g/mol. The van der Waals surface area contributed by atoms with Crippen molar-refractivity contribution in [3.8, 4) is 0 Å². The van der Waals surface area contributed by atoms with Gasteiger partial charge in [0.25, 0.3) is 0 Å². The van der Waals surface area contributed by atoms with Gasteiger partial charge in [-0.3, -0.25) is 4.79 Å². The summed E-state index contributed by atoms with van der Waals surface area (Å²) in [6.07, 6.45) is 0. The predicted octanol–water partition coefficient (Wildman–Crippen LogP) is 0.625. The summed E-state index contributed by atoms with van der Waals surface area (Å²) in [5.74, 6) is -2.27. The molecule has 0 saturated heterocycles. The van der Waals surface area contributed by atoms with Crippen LogP contribution < -0.4 is 5.73 Å². The van der Waals surface area contributed by atoms with Gasteiger partial charge in [0.2, 0.25) is 5.91 Å². The number of fused-ring (bicyclic) bond motifs is 1. The molecule has 3 N–H and O–H groups in total. The number of hydrogen-bond donors (Lipinski definition) is 2. The number of aromatic carboxylic acids is 1. The number of rotatable bonds is 2. The molecule has 0 radical (unpaired) electrons. The maximum atomic E-state index is 10.8. The second-order valence-electron chi connectivity index (χ2n) is 2.87. The third-order valence-electron chi connectivity index (χ3n) is 1.86. The van der Waals surface area contributed by atoms with Gasteiger partial charge in [-0.2, -0.15) is 0 Å². The predicted molar refractivity (Wildman–Crippen MR) is 49.5 cm³/mol. The van der Waals surface area contributed by atoms with Crippen LogP contribution in [0.5, 0.6) is 0 Å². The van der Waals surface area contributed by atoms with Gasteiger partial charge >= 0.3 is 11.9 Å². The minimum atomic E-state index is -1.26. The van der Waals surface area contributed by atoms with Gasteiger partial charge in [0.05, 0.1) is 0 Å². The number of carbonyl (C=O) groups excluding carboxylic acids is 1. The minimum Gasteiger partial charge on any atom is -0.474 e. The van der Waals surface area contributed by atoms with Gasteiger partial charge in [0.1, 0.15) is 5.52 Å². The highest BCUT2D eigenvalue weighted by Gasteiger charge is 2.13. The van der Waals surface area contributed by atoms with Crippen molar-refractivity contribution in [2.75, 3.05) is 0 Å². The number of carboxylic acid groups (broad SMARTS) is 1. The van der Waals surface area contributed by atoms with Crippen molar-refractivity contribution in [1.82, 2.24) is 4.98 Å². The highest BCUT2D eigenvalue weighted by molar-refractivity contribution is 5.96. The van der Waals surface area contributed by atoms with E-state index < -0.39 is 17.8 Å². The molecule has 15 heavy (non-hydrogen) atoms. The van der Waals surface area contributed by atoms with Crippen LogP contribution in [0.25, 0.3) is 11.1 Å². The Balaban J connectivity index is 2.62. The number of amides is 1. The average molecular weight is 206 g/mol. The van der Waals surface area contributed by atoms with Crippen LogP contribution in [0.15, 0.2) is 22.6 Å². The Morgan fingerprint density at radius 2 is 2.13 bits per heavy atom. The van der Waals surface area contributed by atoms with Gasteiger partial charge in [-0.05, 0) is 18.2 Å². The molecule has 1 aromatic heterocycles. The van der Waals surface area contributed by atoms with Crippen LogP contribution in [0, 0.1) is 0 Å². The molecule has 0 bridgehead atoms. The van der Waals surface area contributed by atoms with E-state index in [2.05, 4.69) is 4.98 Å². The first kappa shape index (κ1) is 9.20. The number of hydrogen-bond acceptors (Lipinski definition) is 4. The van der Waals surface area contributed by atoms with E-state index in [9.17, 15) is 9.59 Å². The fourth-order valence-corrected chi connectivity index (χ4v) is 1.17. The zero-order valence-corrected chi connectivity index (χ0v) is 7.43. The van der Waals surface area contributed by atoms with E-state index in [1.165, 1.54) is 18.2 Å². The van der Waals surface area contributed by atoms with Gasteiger partial charge in [-0.15, -0.1) is 0 Å². The Morgan fingerprint density at radius 1 is 1.40 bits per heavy atom. The molecule has 76 valence electrons. The van der Waals surface area contributed by atoms with Crippen molar-refractivity contribution >= 4 is 23.0 Å². The van der Waals surface area contributed by atoms with Gasteiger partial charge in [0, 0.05) is 5.56 Å². The second kappa shape index (κ2) is 3.09. The number of aromatic nitrogens is 1. The lowest BCUT2D eigenvalue weighted by molar-refractivity contribution is 0.0656. The van der Waals surface area contributed by atoms with Crippen LogP contribution in [0.1, 0.15) is 21.0 Å². The van der Waals surface area contributed by atoms with E-state index in [4.69, 9.17) is 15.3 Å². The Hall–Kier alpha value is -2.37. The maximum Gasteiger partial charge on any atom is 0.392 e. The van der Waals surface area contributed by atoms with Crippen LogP contribution in [0.4, 0.5) is 0 Å². The summed E-state index contributed by atoms with van der Waals surface area (Å²) in [5, 5.41) is 8.62. The van der Waals surface area contributed by atoms with E-state index in [1.807, 2.05) is 0 Å². The average Bonchev–Trinajstić information content (AvgIpc) is 2.59. The molecule has 0 aliphatic rings. The van der Waals surface area contributed by atoms with E-state index in [0.29, 0.717) is 5.52 Å². The van der Waals surface area contributed by atoms with Gasteiger partial charge in [-0.1, -0.05) is 0 Å². The van der Waals surface area contributed by atoms with E-state index in [1.54, 1.807) is 0 Å². The fourth-order valence-electron chi connectivity index (χ4n) is 1.17. The second-order valence-corrected chi connectivity index (χ2v) is 2.87. The van der Waals surface area contributed by atoms with E-state index >= 15 is 0 Å². The van der Waals surface area contributed by atoms with Crippen molar-refractivity contribution in [2.24, 2.45) is 5.73 Å². The quantitative estimate of drug-likeness (QED) is 0.749. The first-order chi connectivity index (χ1) is 7.08. The molecule has 2 rings (SSSR count). The normalized spacial score (nSPS) is 10.4. The summed E-state index contributed by atoms with van der Waals surface area (Å²) in [6, 6.07) is 4.29. The number of carbonyl (C=O) groups is 2. The lowest BCUT2D eigenvalue weighted by Crippen LogP contribution is -2.10. The van der Waals surface area contributed by atoms with Gasteiger partial charge in [0.15, 0.2) is 5.58 Å². The Morgan fingerprint density at radius 3 is 2.73 bits per heavy atom. The van der Waals surface area contributed by atoms with Crippen LogP contribution in [-0.4, -0.2) is 22.0 Å². The molecule has 1 heterocycles. The molecule has 0 spiro atoms. The maximum absolute atomic E-state index is 10.8. The summed E-state index contributed by atoms with van der Waals surface area (Å²) < 4.78 is 4.90. The molecular formula is C9H6N2O4. The smallest absolute Gasteiger partial charge is 0.392 e. The number of primary amides is 1. The molecule has 0 unspecified atom stereocenters. The lowest BCUT2D eigenvalue weighted by atomic mass is 10.2. The molecule has 6 nitrogen and oxygen atoms in total. The summed E-state index contributed by atoms with van der Waals surface area (Å²) in [5.41, 5.74) is 5.90. The Bertz CT molecular complexity index is 546.